The highest BCUT2D eigenvalue weighted by Gasteiger charge is 2.20. The number of ether oxygens (including phenoxy) is 3. The fourth-order valence-electron chi connectivity index (χ4n) is 4.11. The maximum absolute atomic E-state index is 13.5. The van der Waals surface area contributed by atoms with Gasteiger partial charge in [-0.25, -0.2) is 0 Å². The number of rotatable bonds is 9. The second-order valence-corrected chi connectivity index (χ2v) is 8.38. The monoisotopic (exact) mass is 500 g/mol. The van der Waals surface area contributed by atoms with Crippen LogP contribution in [0.4, 0.5) is 5.69 Å². The molecule has 0 radical (unpaired) electrons. The van der Waals surface area contributed by atoms with Gasteiger partial charge >= 0.3 is 0 Å². The van der Waals surface area contributed by atoms with Crippen molar-refractivity contribution in [2.45, 2.75) is 19.9 Å². The van der Waals surface area contributed by atoms with Gasteiger partial charge in [-0.3, -0.25) is 14.4 Å². The summed E-state index contributed by atoms with van der Waals surface area (Å²) in [6, 6.07) is 17.3. The minimum absolute atomic E-state index is 0.0434. The summed E-state index contributed by atoms with van der Waals surface area (Å²) in [5.41, 5.74) is 1.96. The summed E-state index contributed by atoms with van der Waals surface area (Å²) in [5.74, 6) is 0.567. The molecular weight excluding hydrogens is 472 g/mol. The van der Waals surface area contributed by atoms with E-state index in [1.54, 1.807) is 54.1 Å². The molecule has 4 aromatic rings. The van der Waals surface area contributed by atoms with Crippen LogP contribution in [0.3, 0.4) is 0 Å². The molecule has 4 rings (SSSR count). The molecule has 0 spiro atoms. The summed E-state index contributed by atoms with van der Waals surface area (Å²) in [4.78, 5) is 39.9. The zero-order chi connectivity index (χ0) is 26.5. The van der Waals surface area contributed by atoms with E-state index in [1.807, 2.05) is 19.1 Å². The normalized spacial score (nSPS) is 10.7. The average molecular weight is 501 g/mol. The number of hydrogen-bond acceptors (Lipinski definition) is 6. The Morgan fingerprint density at radius 2 is 1.59 bits per heavy atom. The van der Waals surface area contributed by atoms with E-state index in [2.05, 4.69) is 5.32 Å². The van der Waals surface area contributed by atoms with Gasteiger partial charge in [0.05, 0.1) is 37.8 Å². The Kier molecular flexibility index (Phi) is 7.57. The maximum Gasteiger partial charge on any atom is 0.244 e. The van der Waals surface area contributed by atoms with Crippen molar-refractivity contribution in [3.63, 3.8) is 0 Å². The predicted octanol–water partition coefficient (Wildman–Crippen LogP) is 4.46. The molecule has 0 bridgehead atoms. The molecule has 1 aromatic heterocycles. The largest absolute Gasteiger partial charge is 0.497 e. The van der Waals surface area contributed by atoms with E-state index in [4.69, 9.17) is 14.2 Å². The van der Waals surface area contributed by atoms with Crippen LogP contribution in [0, 0.1) is 0 Å². The first-order valence-corrected chi connectivity index (χ1v) is 11.7. The van der Waals surface area contributed by atoms with Crippen molar-refractivity contribution in [1.82, 2.24) is 4.57 Å². The maximum atomic E-state index is 13.5. The molecule has 8 nitrogen and oxygen atoms in total. The number of aromatic nitrogens is 1. The van der Waals surface area contributed by atoms with Gasteiger partial charge in [-0.05, 0) is 30.2 Å². The molecule has 0 unspecified atom stereocenters. The lowest BCUT2D eigenvalue weighted by Crippen LogP contribution is -2.24. The van der Waals surface area contributed by atoms with E-state index < -0.39 is 11.2 Å². The van der Waals surface area contributed by atoms with E-state index >= 15 is 0 Å². The second-order valence-electron chi connectivity index (χ2n) is 8.38. The number of pyridine rings is 1. The fourth-order valence-corrected chi connectivity index (χ4v) is 4.11. The van der Waals surface area contributed by atoms with Crippen LogP contribution in [0.2, 0.25) is 0 Å². The van der Waals surface area contributed by atoms with E-state index in [-0.39, 0.29) is 23.4 Å². The van der Waals surface area contributed by atoms with Crippen molar-refractivity contribution in [2.24, 2.45) is 0 Å². The van der Waals surface area contributed by atoms with Gasteiger partial charge in [0.15, 0.2) is 17.3 Å². The average Bonchev–Trinajstić information content (AvgIpc) is 2.93. The zero-order valence-electron chi connectivity index (χ0n) is 21.2. The van der Waals surface area contributed by atoms with Gasteiger partial charge in [0, 0.05) is 29.6 Å². The van der Waals surface area contributed by atoms with E-state index in [0.29, 0.717) is 34.0 Å². The summed E-state index contributed by atoms with van der Waals surface area (Å²) in [6.07, 6.45) is 2.26. The molecule has 190 valence electrons. The third-order valence-corrected chi connectivity index (χ3v) is 6.12. The summed E-state index contributed by atoms with van der Waals surface area (Å²) >= 11 is 0. The number of hydrogen-bond donors (Lipinski definition) is 1. The smallest absolute Gasteiger partial charge is 0.244 e. The molecule has 0 atom stereocenters. The molecule has 1 heterocycles. The molecule has 0 aliphatic rings. The molecule has 8 heteroatoms. The number of ketones is 1. The van der Waals surface area contributed by atoms with Crippen LogP contribution in [0.25, 0.3) is 10.9 Å². The summed E-state index contributed by atoms with van der Waals surface area (Å²) in [7, 11) is 4.50. The second kappa shape index (κ2) is 11.0. The van der Waals surface area contributed by atoms with Crippen molar-refractivity contribution in [3.8, 4) is 17.2 Å². The molecule has 0 aliphatic heterocycles. The van der Waals surface area contributed by atoms with Gasteiger partial charge in [0.1, 0.15) is 12.3 Å². The molecule has 0 fully saturated rings. The fraction of sp³-hybridized carbons (Fsp3) is 0.207. The van der Waals surface area contributed by atoms with Gasteiger partial charge in [0.2, 0.25) is 11.3 Å². The first kappa shape index (κ1) is 25.5. The number of amides is 1. The number of carbonyl (C=O) groups is 2. The Balaban J connectivity index is 1.81. The third-order valence-electron chi connectivity index (χ3n) is 6.12. The highest BCUT2D eigenvalue weighted by molar-refractivity contribution is 6.10. The minimum atomic E-state index is -0.454. The van der Waals surface area contributed by atoms with E-state index in [9.17, 15) is 14.4 Å². The van der Waals surface area contributed by atoms with Gasteiger partial charge in [-0.15, -0.1) is 0 Å². The lowest BCUT2D eigenvalue weighted by Gasteiger charge is -2.16. The van der Waals surface area contributed by atoms with Crippen LogP contribution in [0.15, 0.2) is 71.7 Å². The molecule has 0 saturated carbocycles. The van der Waals surface area contributed by atoms with E-state index in [0.717, 1.165) is 12.0 Å². The lowest BCUT2D eigenvalue weighted by molar-refractivity contribution is -0.116. The van der Waals surface area contributed by atoms with Crippen LogP contribution in [0.1, 0.15) is 28.4 Å². The molecular formula is C29H28N2O6. The van der Waals surface area contributed by atoms with Crippen LogP contribution in [-0.4, -0.2) is 37.6 Å². The third kappa shape index (κ3) is 5.33. The molecule has 3 aromatic carbocycles. The Labute approximate surface area is 214 Å². The Morgan fingerprint density at radius 1 is 0.892 bits per heavy atom. The van der Waals surface area contributed by atoms with Crippen LogP contribution in [0.5, 0.6) is 17.2 Å². The van der Waals surface area contributed by atoms with Gasteiger partial charge < -0.3 is 24.1 Å². The molecule has 0 aliphatic carbocycles. The van der Waals surface area contributed by atoms with Crippen molar-refractivity contribution >= 4 is 28.3 Å². The topological polar surface area (TPSA) is 95.9 Å². The van der Waals surface area contributed by atoms with Crippen molar-refractivity contribution in [3.05, 3.63) is 93.8 Å². The van der Waals surface area contributed by atoms with Gasteiger partial charge in [0.25, 0.3) is 0 Å². The Bertz CT molecular complexity index is 1520. The molecule has 1 N–H and O–H groups in total. The molecule has 0 saturated heterocycles. The van der Waals surface area contributed by atoms with Crippen molar-refractivity contribution in [1.29, 1.82) is 0 Å². The quantitative estimate of drug-likeness (QED) is 0.341. The number of anilines is 1. The van der Waals surface area contributed by atoms with Gasteiger partial charge in [-0.2, -0.15) is 0 Å². The van der Waals surface area contributed by atoms with Crippen LogP contribution >= 0.6 is 0 Å². The summed E-state index contributed by atoms with van der Waals surface area (Å²) in [6.45, 7) is 1.87. The minimum Gasteiger partial charge on any atom is -0.497 e. The molecule has 1 amide bonds. The Morgan fingerprint density at radius 3 is 2.24 bits per heavy atom. The Hall–Kier alpha value is -4.59. The zero-order valence-corrected chi connectivity index (χ0v) is 21.2. The summed E-state index contributed by atoms with van der Waals surface area (Å²) < 4.78 is 17.6. The summed E-state index contributed by atoms with van der Waals surface area (Å²) in [5, 5.41) is 3.07. The predicted molar refractivity (Wildman–Crippen MR) is 142 cm³/mol. The number of carbonyl (C=O) groups excluding carboxylic acids is 2. The highest BCUT2D eigenvalue weighted by Crippen LogP contribution is 2.31. The number of benzene rings is 3. The lowest BCUT2D eigenvalue weighted by atomic mass is 10.0. The number of nitrogens with zero attached hydrogens (tertiary/aromatic N) is 1. The highest BCUT2D eigenvalue weighted by atomic mass is 16.5. The number of nitrogens with one attached hydrogen (secondary N) is 1. The van der Waals surface area contributed by atoms with Crippen LogP contribution in [-0.2, 0) is 17.8 Å². The van der Waals surface area contributed by atoms with Crippen molar-refractivity contribution in [2.75, 3.05) is 26.6 Å². The number of methoxy groups -OCH3 is 3. The number of fused-ring (bicyclic) bond motifs is 1. The van der Waals surface area contributed by atoms with E-state index in [1.165, 1.54) is 26.5 Å². The first-order chi connectivity index (χ1) is 17.9. The van der Waals surface area contributed by atoms with Gasteiger partial charge in [-0.1, -0.05) is 37.3 Å². The number of aryl methyl sites for hydroxylation is 1. The van der Waals surface area contributed by atoms with Crippen molar-refractivity contribution < 1.29 is 23.8 Å². The standard InChI is InChI=1S/C29H28N2O6/c1-5-18-9-11-19(12-10-18)28(33)23-16-31(17-27(32)30-20-7-6-8-21(13-20)35-2)24-15-26(37-4)25(36-3)14-22(24)29(23)34/h6-16H,5,17H2,1-4H3,(H,30,32). The molecule has 37 heavy (non-hydrogen) atoms. The first-order valence-electron chi connectivity index (χ1n) is 11.7. The SMILES string of the molecule is CCc1ccc(C(=O)c2cn(CC(=O)Nc3cccc(OC)c3)c3cc(OC)c(OC)cc3c2=O)cc1. The van der Waals surface area contributed by atoms with Crippen LogP contribution < -0.4 is 25.0 Å².